The molecule has 0 aromatic carbocycles. The van der Waals surface area contributed by atoms with Crippen LogP contribution in [0.5, 0.6) is 0 Å². The van der Waals surface area contributed by atoms with Gasteiger partial charge in [-0.1, -0.05) is 0 Å². The standard InChI is InChI=1S/C9H17NO4/c1-4-13-7-8(11)10(3)6-9(12)14-5-2/h4-7H2,1-3H3. The van der Waals surface area contributed by atoms with Crippen LogP contribution >= 0.6 is 0 Å². The quantitative estimate of drug-likeness (QED) is 0.572. The lowest BCUT2D eigenvalue weighted by atomic mass is 10.5. The summed E-state index contributed by atoms with van der Waals surface area (Å²) in [6, 6.07) is 0. The van der Waals surface area contributed by atoms with Gasteiger partial charge < -0.3 is 14.4 Å². The van der Waals surface area contributed by atoms with Gasteiger partial charge in [0, 0.05) is 13.7 Å². The number of amides is 1. The van der Waals surface area contributed by atoms with Crippen LogP contribution in [0.1, 0.15) is 13.8 Å². The molecule has 82 valence electrons. The average molecular weight is 203 g/mol. The molecule has 0 fully saturated rings. The molecule has 0 aromatic heterocycles. The molecule has 0 aliphatic carbocycles. The van der Waals surface area contributed by atoms with Crippen molar-refractivity contribution in [3.63, 3.8) is 0 Å². The van der Waals surface area contributed by atoms with Crippen molar-refractivity contribution in [2.24, 2.45) is 0 Å². The first-order valence-electron chi connectivity index (χ1n) is 4.59. The van der Waals surface area contributed by atoms with Crippen molar-refractivity contribution in [2.75, 3.05) is 33.4 Å². The second-order valence-electron chi connectivity index (χ2n) is 2.69. The minimum atomic E-state index is -0.403. The lowest BCUT2D eigenvalue weighted by molar-refractivity contribution is -0.149. The van der Waals surface area contributed by atoms with Gasteiger partial charge in [-0.25, -0.2) is 0 Å². The van der Waals surface area contributed by atoms with E-state index >= 15 is 0 Å². The first-order chi connectivity index (χ1) is 6.61. The minimum Gasteiger partial charge on any atom is -0.465 e. The minimum absolute atomic E-state index is 0.00635. The Balaban J connectivity index is 3.76. The molecule has 0 aliphatic heterocycles. The van der Waals surface area contributed by atoms with E-state index in [1.54, 1.807) is 13.8 Å². The maximum Gasteiger partial charge on any atom is 0.325 e. The van der Waals surface area contributed by atoms with Crippen LogP contribution in [0.25, 0.3) is 0 Å². The van der Waals surface area contributed by atoms with Crippen LogP contribution in [0.4, 0.5) is 0 Å². The Morgan fingerprint density at radius 1 is 1.21 bits per heavy atom. The molecule has 0 aliphatic rings. The molecule has 0 radical (unpaired) electrons. The number of hydrogen-bond donors (Lipinski definition) is 0. The van der Waals surface area contributed by atoms with Gasteiger partial charge in [-0.15, -0.1) is 0 Å². The van der Waals surface area contributed by atoms with E-state index in [0.29, 0.717) is 13.2 Å². The van der Waals surface area contributed by atoms with Crippen LogP contribution in [0.15, 0.2) is 0 Å². The van der Waals surface area contributed by atoms with Crippen molar-refractivity contribution >= 4 is 11.9 Å². The van der Waals surface area contributed by atoms with Crippen LogP contribution < -0.4 is 0 Å². The molecular weight excluding hydrogens is 186 g/mol. The highest BCUT2D eigenvalue weighted by atomic mass is 16.5. The van der Waals surface area contributed by atoms with Crippen LogP contribution in [-0.4, -0.2) is 50.2 Å². The second-order valence-corrected chi connectivity index (χ2v) is 2.69. The largest absolute Gasteiger partial charge is 0.465 e. The Kier molecular flexibility index (Phi) is 6.74. The van der Waals surface area contributed by atoms with Gasteiger partial charge in [-0.3, -0.25) is 9.59 Å². The Morgan fingerprint density at radius 3 is 2.36 bits per heavy atom. The van der Waals surface area contributed by atoms with Gasteiger partial charge >= 0.3 is 5.97 Å². The topological polar surface area (TPSA) is 55.8 Å². The maximum absolute atomic E-state index is 11.2. The average Bonchev–Trinajstić information content (AvgIpc) is 2.14. The van der Waals surface area contributed by atoms with Gasteiger partial charge in [-0.05, 0) is 13.8 Å². The van der Waals surface area contributed by atoms with Crippen LogP contribution in [-0.2, 0) is 19.1 Å². The van der Waals surface area contributed by atoms with E-state index in [-0.39, 0.29) is 19.1 Å². The Labute approximate surface area is 84.0 Å². The molecule has 0 heterocycles. The van der Waals surface area contributed by atoms with Gasteiger partial charge in [0.15, 0.2) is 0 Å². The fourth-order valence-corrected chi connectivity index (χ4v) is 0.788. The predicted molar refractivity (Wildman–Crippen MR) is 50.8 cm³/mol. The Hall–Kier alpha value is -1.10. The first-order valence-corrected chi connectivity index (χ1v) is 4.59. The Bertz CT molecular complexity index is 193. The van der Waals surface area contributed by atoms with Crippen molar-refractivity contribution < 1.29 is 19.1 Å². The van der Waals surface area contributed by atoms with Crippen LogP contribution in [0.2, 0.25) is 0 Å². The number of likely N-dealkylation sites (N-methyl/N-ethyl adjacent to an activating group) is 1. The zero-order valence-corrected chi connectivity index (χ0v) is 8.91. The van der Waals surface area contributed by atoms with Crippen LogP contribution in [0.3, 0.4) is 0 Å². The molecule has 0 rings (SSSR count). The third-order valence-corrected chi connectivity index (χ3v) is 1.53. The monoisotopic (exact) mass is 203 g/mol. The number of ether oxygens (including phenoxy) is 2. The summed E-state index contributed by atoms with van der Waals surface area (Å²) in [5.74, 6) is -0.625. The first kappa shape index (κ1) is 12.9. The highest BCUT2D eigenvalue weighted by molar-refractivity contribution is 5.82. The lowest BCUT2D eigenvalue weighted by Crippen LogP contribution is -2.35. The third kappa shape index (κ3) is 5.53. The number of esters is 1. The zero-order valence-electron chi connectivity index (χ0n) is 8.91. The summed E-state index contributed by atoms with van der Waals surface area (Å²) in [6.45, 7) is 4.32. The number of rotatable bonds is 6. The predicted octanol–water partition coefficient (Wildman–Crippen LogP) is 0.0444. The summed E-state index contributed by atoms with van der Waals surface area (Å²) in [4.78, 5) is 23.5. The Morgan fingerprint density at radius 2 is 1.86 bits per heavy atom. The molecule has 0 saturated heterocycles. The van der Waals surface area contributed by atoms with Crippen molar-refractivity contribution in [2.45, 2.75) is 13.8 Å². The summed E-state index contributed by atoms with van der Waals surface area (Å²) in [5, 5.41) is 0. The summed E-state index contributed by atoms with van der Waals surface area (Å²) < 4.78 is 9.61. The molecule has 0 aromatic rings. The fraction of sp³-hybridized carbons (Fsp3) is 0.778. The van der Waals surface area contributed by atoms with E-state index in [0.717, 1.165) is 0 Å². The number of nitrogens with zero attached hydrogens (tertiary/aromatic N) is 1. The molecular formula is C9H17NO4. The highest BCUT2D eigenvalue weighted by Gasteiger charge is 2.12. The second kappa shape index (κ2) is 7.32. The number of carbonyl (C=O) groups excluding carboxylic acids is 2. The van der Waals surface area contributed by atoms with Gasteiger partial charge in [0.2, 0.25) is 5.91 Å². The molecule has 0 N–H and O–H groups in total. The summed E-state index contributed by atoms with van der Waals surface area (Å²) in [5.41, 5.74) is 0. The summed E-state index contributed by atoms with van der Waals surface area (Å²) in [6.07, 6.45) is 0. The molecule has 0 bridgehead atoms. The van der Waals surface area contributed by atoms with Crippen LogP contribution in [0, 0.1) is 0 Å². The SMILES string of the molecule is CCOCC(=O)N(C)CC(=O)OCC. The van der Waals surface area contributed by atoms with Crippen molar-refractivity contribution in [1.82, 2.24) is 4.90 Å². The van der Waals surface area contributed by atoms with Crippen molar-refractivity contribution in [3.05, 3.63) is 0 Å². The smallest absolute Gasteiger partial charge is 0.325 e. The summed E-state index contributed by atoms with van der Waals surface area (Å²) in [7, 11) is 1.54. The molecule has 0 saturated carbocycles. The van der Waals surface area contributed by atoms with E-state index < -0.39 is 5.97 Å². The number of hydrogen-bond acceptors (Lipinski definition) is 4. The summed E-state index contributed by atoms with van der Waals surface area (Å²) >= 11 is 0. The molecule has 1 amide bonds. The molecule has 14 heavy (non-hydrogen) atoms. The van der Waals surface area contributed by atoms with E-state index in [1.165, 1.54) is 11.9 Å². The lowest BCUT2D eigenvalue weighted by Gasteiger charge is -2.15. The maximum atomic E-state index is 11.2. The van der Waals surface area contributed by atoms with Gasteiger partial charge in [0.05, 0.1) is 6.61 Å². The van der Waals surface area contributed by atoms with Gasteiger partial charge in [-0.2, -0.15) is 0 Å². The van der Waals surface area contributed by atoms with Gasteiger partial charge in [0.1, 0.15) is 13.2 Å². The van der Waals surface area contributed by atoms with E-state index in [4.69, 9.17) is 9.47 Å². The zero-order chi connectivity index (χ0) is 11.0. The molecule has 5 heteroatoms. The normalized spacial score (nSPS) is 9.64. The van der Waals surface area contributed by atoms with E-state index in [1.807, 2.05) is 0 Å². The van der Waals surface area contributed by atoms with Gasteiger partial charge in [0.25, 0.3) is 0 Å². The number of carbonyl (C=O) groups is 2. The highest BCUT2D eigenvalue weighted by Crippen LogP contribution is 1.89. The third-order valence-electron chi connectivity index (χ3n) is 1.53. The molecule has 0 spiro atoms. The van der Waals surface area contributed by atoms with Crippen molar-refractivity contribution in [3.8, 4) is 0 Å². The molecule has 0 unspecified atom stereocenters. The molecule has 0 atom stereocenters. The van der Waals surface area contributed by atoms with E-state index in [9.17, 15) is 9.59 Å². The van der Waals surface area contributed by atoms with E-state index in [2.05, 4.69) is 0 Å². The van der Waals surface area contributed by atoms with Crippen molar-refractivity contribution in [1.29, 1.82) is 0 Å². The molecule has 5 nitrogen and oxygen atoms in total. The fourth-order valence-electron chi connectivity index (χ4n) is 0.788.